The second-order valence-corrected chi connectivity index (χ2v) is 6.20. The molecular formula is C18H25ClN2O. The van der Waals surface area contributed by atoms with E-state index in [4.69, 9.17) is 11.6 Å². The van der Waals surface area contributed by atoms with Gasteiger partial charge in [0, 0.05) is 11.6 Å². The Morgan fingerprint density at radius 1 is 1.09 bits per heavy atom. The lowest BCUT2D eigenvalue weighted by molar-refractivity contribution is -0.120. The molecule has 1 aromatic rings. The van der Waals surface area contributed by atoms with Crippen LogP contribution in [0.1, 0.15) is 37.7 Å². The first kappa shape index (κ1) is 17.0. The highest BCUT2D eigenvalue weighted by Crippen LogP contribution is 2.19. The van der Waals surface area contributed by atoms with E-state index in [9.17, 15) is 4.79 Å². The molecule has 2 rings (SSSR count). The molecule has 0 aliphatic heterocycles. The molecule has 1 aliphatic carbocycles. The fraction of sp³-hybridized carbons (Fsp3) is 0.500. The Bertz CT molecular complexity index is 496. The molecule has 120 valence electrons. The SMILES string of the molecule is O=C(CNCCc1ccc(Cl)cc1)NCCC1=CCCCC1. The van der Waals surface area contributed by atoms with E-state index in [1.807, 2.05) is 24.3 Å². The minimum absolute atomic E-state index is 0.0764. The molecular weight excluding hydrogens is 296 g/mol. The van der Waals surface area contributed by atoms with Crippen LogP contribution in [0.15, 0.2) is 35.9 Å². The van der Waals surface area contributed by atoms with Crippen LogP contribution < -0.4 is 10.6 Å². The van der Waals surface area contributed by atoms with Gasteiger partial charge in [0.2, 0.25) is 5.91 Å². The van der Waals surface area contributed by atoms with Gasteiger partial charge in [-0.2, -0.15) is 0 Å². The number of hydrogen-bond donors (Lipinski definition) is 2. The number of halogens is 1. The summed E-state index contributed by atoms with van der Waals surface area (Å²) in [6.07, 6.45) is 9.25. The maximum absolute atomic E-state index is 11.7. The average Bonchev–Trinajstić information content (AvgIpc) is 2.54. The fourth-order valence-corrected chi connectivity index (χ4v) is 2.77. The number of carbonyl (C=O) groups excluding carboxylic acids is 1. The Balaban J connectivity index is 1.52. The van der Waals surface area contributed by atoms with Crippen molar-refractivity contribution in [3.8, 4) is 0 Å². The molecule has 0 saturated carbocycles. The normalized spacial score (nSPS) is 14.5. The van der Waals surface area contributed by atoms with Crippen molar-refractivity contribution in [1.82, 2.24) is 10.6 Å². The number of benzene rings is 1. The molecule has 1 aromatic carbocycles. The van der Waals surface area contributed by atoms with E-state index < -0.39 is 0 Å². The molecule has 0 fully saturated rings. The quantitative estimate of drug-likeness (QED) is 0.569. The van der Waals surface area contributed by atoms with Crippen LogP contribution in [0.2, 0.25) is 5.02 Å². The summed E-state index contributed by atoms with van der Waals surface area (Å²) in [4.78, 5) is 11.7. The van der Waals surface area contributed by atoms with Crippen molar-refractivity contribution < 1.29 is 4.79 Å². The minimum atomic E-state index is 0.0764. The Morgan fingerprint density at radius 3 is 2.64 bits per heavy atom. The molecule has 1 amide bonds. The maximum Gasteiger partial charge on any atom is 0.233 e. The van der Waals surface area contributed by atoms with E-state index >= 15 is 0 Å². The van der Waals surface area contributed by atoms with Gasteiger partial charge in [-0.25, -0.2) is 0 Å². The number of rotatable bonds is 8. The molecule has 0 aromatic heterocycles. The van der Waals surface area contributed by atoms with Crippen LogP contribution in [0.4, 0.5) is 0 Å². The zero-order chi connectivity index (χ0) is 15.6. The van der Waals surface area contributed by atoms with E-state index in [-0.39, 0.29) is 5.91 Å². The smallest absolute Gasteiger partial charge is 0.233 e. The summed E-state index contributed by atoms with van der Waals surface area (Å²) in [5.41, 5.74) is 2.73. The molecule has 0 heterocycles. The van der Waals surface area contributed by atoms with Gasteiger partial charge < -0.3 is 10.6 Å². The number of amides is 1. The summed E-state index contributed by atoms with van der Waals surface area (Å²) in [6, 6.07) is 7.82. The van der Waals surface area contributed by atoms with Crippen molar-refractivity contribution >= 4 is 17.5 Å². The van der Waals surface area contributed by atoms with Crippen LogP contribution in [0.3, 0.4) is 0 Å². The van der Waals surface area contributed by atoms with Crippen molar-refractivity contribution in [1.29, 1.82) is 0 Å². The highest BCUT2D eigenvalue weighted by molar-refractivity contribution is 6.30. The first-order chi connectivity index (χ1) is 10.7. The summed E-state index contributed by atoms with van der Waals surface area (Å²) in [5, 5.41) is 6.91. The van der Waals surface area contributed by atoms with Gasteiger partial charge in [-0.1, -0.05) is 35.4 Å². The summed E-state index contributed by atoms with van der Waals surface area (Å²) < 4.78 is 0. The lowest BCUT2D eigenvalue weighted by Crippen LogP contribution is -2.35. The predicted octanol–water partition coefficient (Wildman–Crippen LogP) is 3.48. The Hall–Kier alpha value is -1.32. The van der Waals surface area contributed by atoms with Crippen LogP contribution >= 0.6 is 11.6 Å². The number of allylic oxidation sites excluding steroid dienone is 1. The van der Waals surface area contributed by atoms with E-state index in [1.54, 1.807) is 0 Å². The number of nitrogens with one attached hydrogen (secondary N) is 2. The van der Waals surface area contributed by atoms with E-state index in [2.05, 4.69) is 16.7 Å². The number of carbonyl (C=O) groups is 1. The molecule has 3 nitrogen and oxygen atoms in total. The van der Waals surface area contributed by atoms with E-state index in [1.165, 1.54) is 36.8 Å². The van der Waals surface area contributed by atoms with Crippen LogP contribution in [0, 0.1) is 0 Å². The zero-order valence-electron chi connectivity index (χ0n) is 13.0. The summed E-state index contributed by atoms with van der Waals surface area (Å²) in [5.74, 6) is 0.0764. The first-order valence-electron chi connectivity index (χ1n) is 8.14. The van der Waals surface area contributed by atoms with E-state index in [0.717, 1.165) is 31.0 Å². The topological polar surface area (TPSA) is 41.1 Å². The van der Waals surface area contributed by atoms with Crippen molar-refractivity contribution in [2.24, 2.45) is 0 Å². The Morgan fingerprint density at radius 2 is 1.91 bits per heavy atom. The lowest BCUT2D eigenvalue weighted by atomic mass is 9.97. The van der Waals surface area contributed by atoms with Crippen LogP contribution in [0.5, 0.6) is 0 Å². The van der Waals surface area contributed by atoms with Gasteiger partial charge in [0.1, 0.15) is 0 Å². The largest absolute Gasteiger partial charge is 0.355 e. The fourth-order valence-electron chi connectivity index (χ4n) is 2.64. The van der Waals surface area contributed by atoms with Gasteiger partial charge >= 0.3 is 0 Å². The molecule has 0 bridgehead atoms. The second kappa shape index (κ2) is 9.65. The molecule has 1 aliphatic rings. The molecule has 4 heteroatoms. The van der Waals surface area contributed by atoms with Gasteiger partial charge in [0.05, 0.1) is 6.54 Å². The second-order valence-electron chi connectivity index (χ2n) is 5.76. The van der Waals surface area contributed by atoms with Gasteiger partial charge in [-0.15, -0.1) is 0 Å². The third kappa shape index (κ3) is 6.63. The van der Waals surface area contributed by atoms with Crippen molar-refractivity contribution in [2.45, 2.75) is 38.5 Å². The van der Waals surface area contributed by atoms with Gasteiger partial charge in [-0.05, 0) is 62.8 Å². The Labute approximate surface area is 138 Å². The first-order valence-corrected chi connectivity index (χ1v) is 8.51. The van der Waals surface area contributed by atoms with Crippen molar-refractivity contribution in [2.75, 3.05) is 19.6 Å². The molecule has 0 radical (unpaired) electrons. The minimum Gasteiger partial charge on any atom is -0.355 e. The highest BCUT2D eigenvalue weighted by atomic mass is 35.5. The van der Waals surface area contributed by atoms with Crippen LogP contribution in [-0.2, 0) is 11.2 Å². The average molecular weight is 321 g/mol. The summed E-state index contributed by atoms with van der Waals surface area (Å²) in [7, 11) is 0. The zero-order valence-corrected chi connectivity index (χ0v) is 13.8. The van der Waals surface area contributed by atoms with Crippen molar-refractivity contribution in [3.63, 3.8) is 0 Å². The molecule has 2 N–H and O–H groups in total. The third-order valence-corrected chi connectivity index (χ3v) is 4.19. The molecule has 0 spiro atoms. The van der Waals surface area contributed by atoms with E-state index in [0.29, 0.717) is 6.54 Å². The molecule has 22 heavy (non-hydrogen) atoms. The van der Waals surface area contributed by atoms with Crippen molar-refractivity contribution in [3.05, 3.63) is 46.5 Å². The van der Waals surface area contributed by atoms with Gasteiger partial charge in [0.25, 0.3) is 0 Å². The summed E-state index contributed by atoms with van der Waals surface area (Å²) >= 11 is 5.85. The maximum atomic E-state index is 11.7. The molecule has 0 unspecified atom stereocenters. The summed E-state index contributed by atoms with van der Waals surface area (Å²) in [6.45, 7) is 1.93. The Kier molecular flexibility index (Phi) is 7.47. The molecule has 0 atom stereocenters. The standard InChI is InChI=1S/C18H25ClN2O/c19-17-8-6-16(7-9-17)10-12-20-14-18(22)21-13-11-15-4-2-1-3-5-15/h4,6-9,20H,1-3,5,10-14H2,(H,21,22). The van der Waals surface area contributed by atoms with Gasteiger partial charge in [0.15, 0.2) is 0 Å². The van der Waals surface area contributed by atoms with Crippen LogP contribution in [0.25, 0.3) is 0 Å². The monoisotopic (exact) mass is 320 g/mol. The predicted molar refractivity (Wildman–Crippen MR) is 92.2 cm³/mol. The van der Waals surface area contributed by atoms with Gasteiger partial charge in [-0.3, -0.25) is 4.79 Å². The third-order valence-electron chi connectivity index (χ3n) is 3.94. The number of hydrogen-bond acceptors (Lipinski definition) is 2. The molecule has 0 saturated heterocycles. The van der Waals surface area contributed by atoms with Crippen LogP contribution in [-0.4, -0.2) is 25.5 Å². The highest BCUT2D eigenvalue weighted by Gasteiger charge is 2.05. The lowest BCUT2D eigenvalue weighted by Gasteiger charge is -2.13.